The molecule has 1 amide bonds. The van der Waals surface area contributed by atoms with Crippen molar-refractivity contribution >= 4 is 15.7 Å². The summed E-state index contributed by atoms with van der Waals surface area (Å²) in [5.41, 5.74) is 0.279. The van der Waals surface area contributed by atoms with Gasteiger partial charge in [0.15, 0.2) is 9.84 Å². The maximum absolute atomic E-state index is 13.1. The zero-order valence-electron chi connectivity index (χ0n) is 16.5. The van der Waals surface area contributed by atoms with E-state index in [1.807, 2.05) is 20.8 Å². The van der Waals surface area contributed by atoms with Crippen molar-refractivity contribution in [3.8, 4) is 0 Å². The molecular weight excluding hydrogens is 350 g/mol. The monoisotopic (exact) mass is 381 g/mol. The van der Waals surface area contributed by atoms with Crippen LogP contribution in [0.4, 0.5) is 0 Å². The average Bonchev–Trinajstić information content (AvgIpc) is 2.52. The van der Waals surface area contributed by atoms with E-state index in [9.17, 15) is 18.3 Å². The first kappa shape index (κ1) is 22.4. The topological polar surface area (TPSA) is 83.5 Å². The van der Waals surface area contributed by atoms with Crippen LogP contribution in [0, 0.1) is 18.3 Å². The third-order valence-corrected chi connectivity index (χ3v) is 6.09. The predicted molar refractivity (Wildman–Crippen MR) is 105 cm³/mol. The summed E-state index contributed by atoms with van der Waals surface area (Å²) in [5.74, 6) is -0.0801. The van der Waals surface area contributed by atoms with Gasteiger partial charge in [-0.15, -0.1) is 0 Å². The van der Waals surface area contributed by atoms with Gasteiger partial charge in [0.1, 0.15) is 5.25 Å². The van der Waals surface area contributed by atoms with Gasteiger partial charge in [0, 0.05) is 12.6 Å². The Morgan fingerprint density at radius 1 is 1.19 bits per heavy atom. The Morgan fingerprint density at radius 2 is 1.73 bits per heavy atom. The summed E-state index contributed by atoms with van der Waals surface area (Å²) in [5, 5.41) is 12.2. The quantitative estimate of drug-likeness (QED) is 0.712. The molecule has 2 unspecified atom stereocenters. The Morgan fingerprint density at radius 3 is 2.19 bits per heavy atom. The highest BCUT2D eigenvalue weighted by molar-refractivity contribution is 7.92. The fourth-order valence-corrected chi connectivity index (χ4v) is 4.16. The fraction of sp³-hybridized carbons (Fsp3) is 0.550. The van der Waals surface area contributed by atoms with Crippen LogP contribution in [0.3, 0.4) is 0 Å². The summed E-state index contributed by atoms with van der Waals surface area (Å²) in [6, 6.07) is 6.48. The number of hydrogen-bond acceptors (Lipinski definition) is 4. The Balaban J connectivity index is 3.20. The lowest BCUT2D eigenvalue weighted by Crippen LogP contribution is -2.41. The number of rotatable bonds is 7. The van der Waals surface area contributed by atoms with Gasteiger partial charge in [-0.05, 0) is 30.4 Å². The number of hydrogen-bond donors (Lipinski definition) is 2. The molecule has 2 N–H and O–H groups in total. The first-order chi connectivity index (χ1) is 11.9. The molecule has 1 rings (SSSR count). The van der Waals surface area contributed by atoms with Crippen LogP contribution in [0.1, 0.15) is 40.2 Å². The molecule has 0 aliphatic rings. The Bertz CT molecular complexity index is 728. The maximum Gasteiger partial charge on any atom is 0.243 e. The van der Waals surface area contributed by atoms with Gasteiger partial charge in [-0.25, -0.2) is 8.42 Å². The van der Waals surface area contributed by atoms with Gasteiger partial charge < -0.3 is 10.4 Å². The number of carbonyl (C=O) groups excluding carboxylic acids is 1. The van der Waals surface area contributed by atoms with E-state index in [0.29, 0.717) is 12.5 Å². The van der Waals surface area contributed by atoms with Crippen LogP contribution in [-0.2, 0) is 14.6 Å². The zero-order valence-corrected chi connectivity index (χ0v) is 17.3. The standard InChI is InChI=1S/C20H31NO4S/c1-14(2)13-21-18(22)12-11-17(19(23)20(4,5)6)26(24,25)16-9-7-15(3)8-10-16/h7-12,14,17,19,23H,13H2,1-6H3,(H,21,22)/b12-11+. The Kier molecular flexibility index (Phi) is 7.59. The number of aliphatic hydroxyl groups is 1. The van der Waals surface area contributed by atoms with E-state index in [1.165, 1.54) is 24.3 Å². The average molecular weight is 382 g/mol. The number of aliphatic hydroxyl groups excluding tert-OH is 1. The van der Waals surface area contributed by atoms with Crippen molar-refractivity contribution in [1.82, 2.24) is 5.32 Å². The van der Waals surface area contributed by atoms with Gasteiger partial charge in [-0.2, -0.15) is 0 Å². The van der Waals surface area contributed by atoms with Crippen LogP contribution < -0.4 is 5.32 Å². The van der Waals surface area contributed by atoms with E-state index in [4.69, 9.17) is 0 Å². The molecule has 0 saturated heterocycles. The van der Waals surface area contributed by atoms with Gasteiger partial charge in [0.2, 0.25) is 5.91 Å². The van der Waals surface area contributed by atoms with Crippen molar-refractivity contribution in [3.63, 3.8) is 0 Å². The minimum absolute atomic E-state index is 0.128. The van der Waals surface area contributed by atoms with Gasteiger partial charge in [0.25, 0.3) is 0 Å². The van der Waals surface area contributed by atoms with Crippen LogP contribution >= 0.6 is 0 Å². The van der Waals surface area contributed by atoms with E-state index < -0.39 is 26.6 Å². The van der Waals surface area contributed by atoms with Crippen molar-refractivity contribution in [2.24, 2.45) is 11.3 Å². The van der Waals surface area contributed by atoms with Crippen LogP contribution in [0.25, 0.3) is 0 Å². The number of benzene rings is 1. The molecule has 0 aliphatic heterocycles. The molecule has 0 aliphatic carbocycles. The molecule has 0 radical (unpaired) electrons. The second kappa shape index (κ2) is 8.82. The van der Waals surface area contributed by atoms with Crippen molar-refractivity contribution in [3.05, 3.63) is 42.0 Å². The lowest BCUT2D eigenvalue weighted by Gasteiger charge is -2.31. The normalized spacial score (nSPS) is 15.2. The smallest absolute Gasteiger partial charge is 0.243 e. The molecule has 6 heteroatoms. The van der Waals surface area contributed by atoms with Crippen molar-refractivity contribution < 1.29 is 18.3 Å². The third-order valence-electron chi connectivity index (χ3n) is 4.03. The summed E-state index contributed by atoms with van der Waals surface area (Å²) >= 11 is 0. The third kappa shape index (κ3) is 6.25. The molecule has 1 aromatic carbocycles. The molecule has 0 fully saturated rings. The Labute approximate surface area is 157 Å². The first-order valence-electron chi connectivity index (χ1n) is 8.80. The summed E-state index contributed by atoms with van der Waals surface area (Å²) < 4.78 is 26.1. The van der Waals surface area contributed by atoms with Crippen LogP contribution in [0.15, 0.2) is 41.3 Å². The highest BCUT2D eigenvalue weighted by Gasteiger charge is 2.38. The van der Waals surface area contributed by atoms with Gasteiger partial charge in [0.05, 0.1) is 11.0 Å². The van der Waals surface area contributed by atoms with E-state index in [1.54, 1.807) is 32.9 Å². The fourth-order valence-electron chi connectivity index (χ4n) is 2.30. The summed E-state index contributed by atoms with van der Waals surface area (Å²) in [4.78, 5) is 12.1. The summed E-state index contributed by atoms with van der Waals surface area (Å²) in [6.07, 6.45) is 1.33. The van der Waals surface area contributed by atoms with Crippen molar-refractivity contribution in [1.29, 1.82) is 0 Å². The minimum atomic E-state index is -3.84. The number of sulfone groups is 1. The van der Waals surface area contributed by atoms with Gasteiger partial charge >= 0.3 is 0 Å². The molecular formula is C20H31NO4S. The van der Waals surface area contributed by atoms with Crippen LogP contribution in [-0.4, -0.2) is 37.3 Å². The maximum atomic E-state index is 13.1. The van der Waals surface area contributed by atoms with E-state index in [2.05, 4.69) is 5.32 Å². The number of carbonyl (C=O) groups is 1. The molecule has 0 heterocycles. The lowest BCUT2D eigenvalue weighted by atomic mass is 9.87. The first-order valence-corrected chi connectivity index (χ1v) is 10.3. The Hall–Kier alpha value is -1.66. The van der Waals surface area contributed by atoms with Crippen molar-refractivity contribution in [2.75, 3.05) is 6.54 Å². The highest BCUT2D eigenvalue weighted by Crippen LogP contribution is 2.29. The molecule has 146 valence electrons. The number of amides is 1. The molecule has 0 bridgehead atoms. The molecule has 5 nitrogen and oxygen atoms in total. The van der Waals surface area contributed by atoms with Gasteiger partial charge in [-0.1, -0.05) is 58.4 Å². The highest BCUT2D eigenvalue weighted by atomic mass is 32.2. The molecule has 26 heavy (non-hydrogen) atoms. The molecule has 0 saturated carbocycles. The minimum Gasteiger partial charge on any atom is -0.391 e. The molecule has 0 aromatic heterocycles. The van der Waals surface area contributed by atoms with E-state index in [-0.39, 0.29) is 10.8 Å². The van der Waals surface area contributed by atoms with Crippen molar-refractivity contribution in [2.45, 2.75) is 57.8 Å². The SMILES string of the molecule is Cc1ccc(S(=O)(=O)C(/C=C/C(=O)NCC(C)C)C(O)C(C)(C)C)cc1. The second-order valence-electron chi connectivity index (χ2n) is 8.13. The zero-order chi connectivity index (χ0) is 20.1. The number of nitrogens with one attached hydrogen (secondary N) is 1. The summed E-state index contributed by atoms with van der Waals surface area (Å²) in [7, 11) is -3.84. The van der Waals surface area contributed by atoms with E-state index >= 15 is 0 Å². The molecule has 0 spiro atoms. The number of aryl methyl sites for hydroxylation is 1. The van der Waals surface area contributed by atoms with Crippen LogP contribution in [0.5, 0.6) is 0 Å². The molecule has 1 aromatic rings. The molecule has 2 atom stereocenters. The second-order valence-corrected chi connectivity index (χ2v) is 10.2. The van der Waals surface area contributed by atoms with Gasteiger partial charge in [-0.3, -0.25) is 4.79 Å². The predicted octanol–water partition coefficient (Wildman–Crippen LogP) is 2.87. The lowest BCUT2D eigenvalue weighted by molar-refractivity contribution is -0.116. The largest absolute Gasteiger partial charge is 0.391 e. The van der Waals surface area contributed by atoms with E-state index in [0.717, 1.165) is 5.56 Å². The summed E-state index contributed by atoms with van der Waals surface area (Å²) in [6.45, 7) is 11.6. The van der Waals surface area contributed by atoms with Crippen LogP contribution in [0.2, 0.25) is 0 Å².